The minimum absolute atomic E-state index is 0.0907. The molecule has 0 aromatic rings. The number of nitrogens with one attached hydrogen (secondary N) is 9. The van der Waals surface area contributed by atoms with E-state index in [1.54, 1.807) is 0 Å². The zero-order valence-electron chi connectivity index (χ0n) is 60.5. The Morgan fingerprint density at radius 3 is 1.04 bits per heavy atom. The molecule has 20 atom stereocenters. The molecule has 0 spiro atoms. The minimum atomic E-state index is -1.47. The molecule has 0 radical (unpaired) electrons. The van der Waals surface area contributed by atoms with Gasteiger partial charge in [0.05, 0.1) is 32.5 Å². The molecule has 600 valence electrons. The third-order valence-electron chi connectivity index (χ3n) is 18.4. The Balaban J connectivity index is 1.31. The lowest BCUT2D eigenvalue weighted by Crippen LogP contribution is -2.64. The average molecular weight is 1500 g/mol. The Labute approximate surface area is 607 Å². The molecule has 0 aromatic carbocycles. The lowest BCUT2D eigenvalue weighted by molar-refractivity contribution is -0.270. The number of unbranched alkanes of at least 4 members (excludes halogenated alkanes) is 15. The van der Waals surface area contributed by atoms with Crippen LogP contribution in [0.2, 0.25) is 0 Å². The summed E-state index contributed by atoms with van der Waals surface area (Å²) in [5, 5.41) is 135. The Morgan fingerprint density at radius 2 is 0.683 bits per heavy atom. The molecule has 4 saturated heterocycles. The number of aliphatic hydroxyl groups excluding tert-OH is 11. The van der Waals surface area contributed by atoms with Crippen LogP contribution in [-0.4, -0.2) is 304 Å². The highest BCUT2D eigenvalue weighted by Gasteiger charge is 2.48. The molecule has 9 amide bonds. The first-order valence-electron chi connectivity index (χ1n) is 37.0. The average Bonchev–Trinajstić information content (AvgIpc) is 1.09. The van der Waals surface area contributed by atoms with E-state index < -0.39 is 189 Å². The Morgan fingerprint density at radius 1 is 0.365 bits per heavy atom. The number of amides is 9. The van der Waals surface area contributed by atoms with Crippen molar-refractivity contribution in [2.45, 2.75) is 304 Å². The standard InChI is InChI=1S/C68H121N9O27/c1-40(82)73-54-60(92)57(89)48(37-79)102-66(54)98-32-20-12-9-16-28-69-51(86)26-24-43(63(95)70-29-18-10-13-21-33-99-67-55(74-41(2)83)61(93)58(90)49(38-80)103-67)77-53(88)27-25-44(76-52(87)23-15-7-5-4-6-8-17-31-72-65(97)46-35-45(85)47(36-78)101-46)64(96)71-30-19-11-14-22-34-100-68-56(75-42(3)84)62(94)59(91)50(39-81)104-68/h43-50,54-62,66-68,78-81,85,89-94H,4-39H2,1-3H3,(H,69,86)(H,70,95)(H,71,96)(H,72,97)(H,73,82)(H,74,83)(H,75,84)(H,76,87)(H,77,88)/t43?,44?,45-,46-,47+,48?,49?,50+,54?,55?,56?,57?,58?,59?,60?,61?,62?,66?,67?,68?/m0/s1. The fraction of sp³-hybridized carbons (Fsp3) is 0.868. The van der Waals surface area contributed by atoms with Gasteiger partial charge in [0, 0.05) is 92.5 Å². The summed E-state index contributed by atoms with van der Waals surface area (Å²) in [5.41, 5.74) is 0. The first-order valence-corrected chi connectivity index (χ1v) is 37.0. The summed E-state index contributed by atoms with van der Waals surface area (Å²) in [6.45, 7) is 3.04. The zero-order valence-corrected chi connectivity index (χ0v) is 60.5. The highest BCUT2D eigenvalue weighted by Crippen LogP contribution is 2.27. The number of aliphatic hydroxyl groups is 11. The van der Waals surface area contributed by atoms with Gasteiger partial charge in [0.25, 0.3) is 0 Å². The molecule has 4 aliphatic heterocycles. The van der Waals surface area contributed by atoms with Crippen LogP contribution in [0.15, 0.2) is 0 Å². The van der Waals surface area contributed by atoms with Crippen molar-refractivity contribution in [2.75, 3.05) is 72.4 Å². The van der Waals surface area contributed by atoms with E-state index in [0.717, 1.165) is 32.1 Å². The molecule has 20 N–H and O–H groups in total. The first kappa shape index (κ1) is 90.9. The van der Waals surface area contributed by atoms with Crippen molar-refractivity contribution in [3.8, 4) is 0 Å². The van der Waals surface area contributed by atoms with Crippen molar-refractivity contribution in [1.29, 1.82) is 0 Å². The van der Waals surface area contributed by atoms with Crippen LogP contribution >= 0.6 is 0 Å². The molecule has 104 heavy (non-hydrogen) atoms. The molecule has 4 aliphatic rings. The van der Waals surface area contributed by atoms with E-state index in [0.29, 0.717) is 96.4 Å². The van der Waals surface area contributed by atoms with Crippen LogP contribution in [0.25, 0.3) is 0 Å². The largest absolute Gasteiger partial charge is 0.394 e. The molecule has 4 rings (SSSR count). The topological polar surface area (TPSA) is 549 Å². The van der Waals surface area contributed by atoms with Gasteiger partial charge in [-0.25, -0.2) is 0 Å². The van der Waals surface area contributed by atoms with E-state index in [-0.39, 0.29) is 90.5 Å². The van der Waals surface area contributed by atoms with Gasteiger partial charge in [-0.15, -0.1) is 0 Å². The summed E-state index contributed by atoms with van der Waals surface area (Å²) in [6.07, 6.45) is -6.45. The number of carbonyl (C=O) groups is 9. The van der Waals surface area contributed by atoms with Crippen LogP contribution in [0, 0.1) is 0 Å². The second-order valence-electron chi connectivity index (χ2n) is 27.1. The van der Waals surface area contributed by atoms with Gasteiger partial charge >= 0.3 is 0 Å². The van der Waals surface area contributed by atoms with Crippen molar-refractivity contribution in [2.24, 2.45) is 0 Å². The van der Waals surface area contributed by atoms with E-state index in [1.807, 2.05) is 0 Å². The monoisotopic (exact) mass is 1500 g/mol. The predicted molar refractivity (Wildman–Crippen MR) is 367 cm³/mol. The number of carbonyl (C=O) groups excluding carboxylic acids is 9. The Bertz CT molecular complexity index is 2540. The first-order chi connectivity index (χ1) is 49.8. The number of hydrogen-bond acceptors (Lipinski definition) is 27. The van der Waals surface area contributed by atoms with Crippen molar-refractivity contribution in [1.82, 2.24) is 47.9 Å². The highest BCUT2D eigenvalue weighted by atomic mass is 16.7. The van der Waals surface area contributed by atoms with Crippen LogP contribution in [-0.2, 0) is 76.3 Å². The molecule has 0 bridgehead atoms. The lowest BCUT2D eigenvalue weighted by atomic mass is 9.97. The van der Waals surface area contributed by atoms with E-state index in [9.17, 15) is 99.3 Å². The number of rotatable bonds is 52. The summed E-state index contributed by atoms with van der Waals surface area (Å²) >= 11 is 0. The summed E-state index contributed by atoms with van der Waals surface area (Å²) in [4.78, 5) is 116. The molecule has 16 unspecified atom stereocenters. The van der Waals surface area contributed by atoms with Gasteiger partial charge in [0.1, 0.15) is 97.4 Å². The van der Waals surface area contributed by atoms with Gasteiger partial charge in [-0.05, 0) is 64.2 Å². The lowest BCUT2D eigenvalue weighted by Gasteiger charge is -2.42. The molecule has 36 nitrogen and oxygen atoms in total. The van der Waals surface area contributed by atoms with Crippen LogP contribution in [0.5, 0.6) is 0 Å². The molecular weight excluding hydrogens is 1370 g/mol. The van der Waals surface area contributed by atoms with Crippen LogP contribution in [0.4, 0.5) is 0 Å². The maximum absolute atomic E-state index is 13.9. The maximum atomic E-state index is 13.9. The summed E-state index contributed by atoms with van der Waals surface area (Å²) in [7, 11) is 0. The molecule has 36 heteroatoms. The van der Waals surface area contributed by atoms with Gasteiger partial charge in [-0.1, -0.05) is 70.6 Å². The minimum Gasteiger partial charge on any atom is -0.394 e. The Hall–Kier alpha value is -5.49. The van der Waals surface area contributed by atoms with Crippen LogP contribution in [0.1, 0.15) is 181 Å². The van der Waals surface area contributed by atoms with Crippen molar-refractivity contribution >= 4 is 53.2 Å². The highest BCUT2D eigenvalue weighted by molar-refractivity contribution is 5.90. The second kappa shape index (κ2) is 51.0. The molecule has 0 aromatic heterocycles. The number of hydrogen-bond donors (Lipinski definition) is 20. The van der Waals surface area contributed by atoms with Crippen LogP contribution < -0.4 is 47.9 Å². The molecule has 4 fully saturated rings. The number of ether oxygens (including phenoxy) is 7. The second-order valence-corrected chi connectivity index (χ2v) is 27.1. The SMILES string of the molecule is CC(=O)NC1C(OCCCCCCNC(=O)CCC(NC(=O)CCC(NC(=O)CCCCCCCCCNC(=O)[C@@H]2C[C@H](O)[C@@H](CO)O2)C(=O)NCCCCCCOC2O[C@H](CO)C(O)C(O)C2NC(C)=O)C(=O)NCCCCCCOC2OC(CO)C(O)C(O)C2NC(C)=O)OC(CO)C(O)C1O. The molecular formula is C68H121N9O27. The van der Waals surface area contributed by atoms with E-state index >= 15 is 0 Å². The third-order valence-corrected chi connectivity index (χ3v) is 18.4. The molecule has 0 aliphatic carbocycles. The van der Waals surface area contributed by atoms with Gasteiger partial charge in [-0.3, -0.25) is 43.2 Å². The molecule has 4 heterocycles. The third kappa shape index (κ3) is 33.3. The zero-order chi connectivity index (χ0) is 76.5. The van der Waals surface area contributed by atoms with Gasteiger partial charge in [0.15, 0.2) is 18.9 Å². The van der Waals surface area contributed by atoms with E-state index in [2.05, 4.69) is 47.9 Å². The van der Waals surface area contributed by atoms with Crippen molar-refractivity contribution in [3.05, 3.63) is 0 Å². The van der Waals surface area contributed by atoms with Crippen molar-refractivity contribution in [3.63, 3.8) is 0 Å². The smallest absolute Gasteiger partial charge is 0.249 e. The fourth-order valence-corrected chi connectivity index (χ4v) is 12.5. The summed E-state index contributed by atoms with van der Waals surface area (Å²) < 4.78 is 39.6. The predicted octanol–water partition coefficient (Wildman–Crippen LogP) is -4.83. The summed E-state index contributed by atoms with van der Waals surface area (Å²) in [6, 6.07) is -5.63. The van der Waals surface area contributed by atoms with Gasteiger partial charge in [-0.2, -0.15) is 0 Å². The molecule has 0 saturated carbocycles. The maximum Gasteiger partial charge on any atom is 0.249 e. The van der Waals surface area contributed by atoms with Gasteiger partial charge in [0.2, 0.25) is 53.2 Å². The fourth-order valence-electron chi connectivity index (χ4n) is 12.5. The Kier molecular flexibility index (Phi) is 44.5. The quantitative estimate of drug-likeness (QED) is 0.0254. The van der Waals surface area contributed by atoms with Gasteiger partial charge < -0.3 is 137 Å². The van der Waals surface area contributed by atoms with E-state index in [4.69, 9.17) is 33.2 Å². The summed E-state index contributed by atoms with van der Waals surface area (Å²) in [5.74, 6) is -4.38. The van der Waals surface area contributed by atoms with Crippen molar-refractivity contribution < 1.29 is 132 Å². The van der Waals surface area contributed by atoms with E-state index in [1.165, 1.54) is 20.8 Å². The van der Waals surface area contributed by atoms with Crippen LogP contribution in [0.3, 0.4) is 0 Å². The normalized spacial score (nSPS) is 28.1.